The molecule has 1 aromatic carbocycles. The minimum Gasteiger partial charge on any atom is -0.477 e. The van der Waals surface area contributed by atoms with Gasteiger partial charge >= 0.3 is 5.97 Å². The van der Waals surface area contributed by atoms with Crippen molar-refractivity contribution in [2.24, 2.45) is 0 Å². The van der Waals surface area contributed by atoms with Crippen molar-refractivity contribution in [2.45, 2.75) is 25.7 Å². The molecule has 1 amide bonds. The maximum Gasteiger partial charge on any atom is 0.354 e. The van der Waals surface area contributed by atoms with Gasteiger partial charge in [0.1, 0.15) is 5.69 Å². The number of pyridine rings is 1. The SMILES string of the molecule is CC1CCCN(C(=O)c2ccc(C(=O)O)nc2)c2ccccc21. The molecule has 0 radical (unpaired) electrons. The second kappa shape index (κ2) is 6.20. The van der Waals surface area contributed by atoms with Crippen LogP contribution in [0.3, 0.4) is 0 Å². The zero-order valence-corrected chi connectivity index (χ0v) is 12.9. The largest absolute Gasteiger partial charge is 0.477 e. The molecule has 0 saturated heterocycles. The van der Waals surface area contributed by atoms with E-state index in [1.165, 1.54) is 23.9 Å². The van der Waals surface area contributed by atoms with Crippen molar-refractivity contribution in [2.75, 3.05) is 11.4 Å². The van der Waals surface area contributed by atoms with E-state index < -0.39 is 5.97 Å². The Balaban J connectivity index is 1.95. The number of aromatic nitrogens is 1. The quantitative estimate of drug-likeness (QED) is 0.923. The molecule has 1 unspecified atom stereocenters. The topological polar surface area (TPSA) is 70.5 Å². The number of benzene rings is 1. The average molecular weight is 310 g/mol. The summed E-state index contributed by atoms with van der Waals surface area (Å²) in [5.74, 6) is -0.828. The number of amides is 1. The Bertz CT molecular complexity index is 740. The summed E-state index contributed by atoms with van der Waals surface area (Å²) in [4.78, 5) is 29.3. The first-order valence-electron chi connectivity index (χ1n) is 7.68. The van der Waals surface area contributed by atoms with Crippen molar-refractivity contribution in [3.05, 3.63) is 59.4 Å². The van der Waals surface area contributed by atoms with Gasteiger partial charge in [-0.15, -0.1) is 0 Å². The molecule has 1 aromatic heterocycles. The molecule has 0 saturated carbocycles. The number of carbonyl (C=O) groups excluding carboxylic acids is 1. The fourth-order valence-electron chi connectivity index (χ4n) is 3.00. The number of hydrogen-bond acceptors (Lipinski definition) is 3. The minimum atomic E-state index is -1.10. The lowest BCUT2D eigenvalue weighted by molar-refractivity contribution is 0.0690. The third-order valence-corrected chi connectivity index (χ3v) is 4.25. The maximum atomic E-state index is 12.8. The normalized spacial score (nSPS) is 17.3. The zero-order valence-electron chi connectivity index (χ0n) is 12.9. The highest BCUT2D eigenvalue weighted by Gasteiger charge is 2.25. The molecule has 1 aliphatic heterocycles. The molecule has 1 aliphatic rings. The second-order valence-corrected chi connectivity index (χ2v) is 5.80. The van der Waals surface area contributed by atoms with Crippen LogP contribution in [-0.4, -0.2) is 28.5 Å². The number of fused-ring (bicyclic) bond motifs is 1. The van der Waals surface area contributed by atoms with E-state index in [9.17, 15) is 9.59 Å². The van der Waals surface area contributed by atoms with Crippen LogP contribution in [0.4, 0.5) is 5.69 Å². The Morgan fingerprint density at radius 3 is 2.70 bits per heavy atom. The molecular formula is C18H18N2O3. The number of rotatable bonds is 2. The van der Waals surface area contributed by atoms with Crippen LogP contribution in [0.2, 0.25) is 0 Å². The fraction of sp³-hybridized carbons (Fsp3) is 0.278. The van der Waals surface area contributed by atoms with Gasteiger partial charge in [-0.1, -0.05) is 25.1 Å². The molecule has 2 heterocycles. The van der Waals surface area contributed by atoms with Gasteiger partial charge in [-0.05, 0) is 42.5 Å². The first kappa shape index (κ1) is 15.2. The van der Waals surface area contributed by atoms with Gasteiger partial charge in [-0.3, -0.25) is 4.79 Å². The molecule has 0 bridgehead atoms. The number of hydrogen-bond donors (Lipinski definition) is 1. The summed E-state index contributed by atoms with van der Waals surface area (Å²) in [6.07, 6.45) is 3.31. The molecule has 5 heteroatoms. The van der Waals surface area contributed by atoms with E-state index in [1.54, 1.807) is 4.90 Å². The van der Waals surface area contributed by atoms with E-state index in [0.717, 1.165) is 18.5 Å². The van der Waals surface area contributed by atoms with Crippen LogP contribution in [0.25, 0.3) is 0 Å². The van der Waals surface area contributed by atoms with Crippen molar-refractivity contribution >= 4 is 17.6 Å². The van der Waals surface area contributed by atoms with Gasteiger partial charge in [0.15, 0.2) is 0 Å². The van der Waals surface area contributed by atoms with E-state index in [1.807, 2.05) is 18.2 Å². The Hall–Kier alpha value is -2.69. The van der Waals surface area contributed by atoms with Crippen molar-refractivity contribution in [1.82, 2.24) is 4.98 Å². The fourth-order valence-corrected chi connectivity index (χ4v) is 3.00. The van der Waals surface area contributed by atoms with Gasteiger partial charge in [0, 0.05) is 18.4 Å². The third kappa shape index (κ3) is 2.95. The number of nitrogens with zero attached hydrogens (tertiary/aromatic N) is 2. The molecule has 118 valence electrons. The monoisotopic (exact) mass is 310 g/mol. The third-order valence-electron chi connectivity index (χ3n) is 4.25. The number of carboxylic acid groups (broad SMARTS) is 1. The standard InChI is InChI=1S/C18H18N2O3/c1-12-5-4-10-20(16-7-3-2-6-14(12)16)17(21)13-8-9-15(18(22)23)19-11-13/h2-3,6-9,11-12H,4-5,10H2,1H3,(H,22,23). The summed E-state index contributed by atoms with van der Waals surface area (Å²) in [6.45, 7) is 2.83. The van der Waals surface area contributed by atoms with Gasteiger partial charge in [0.05, 0.1) is 5.56 Å². The second-order valence-electron chi connectivity index (χ2n) is 5.80. The average Bonchev–Trinajstić information content (AvgIpc) is 2.74. The zero-order chi connectivity index (χ0) is 16.4. The van der Waals surface area contributed by atoms with Gasteiger partial charge in [-0.25, -0.2) is 9.78 Å². The van der Waals surface area contributed by atoms with Gasteiger partial charge < -0.3 is 10.0 Å². The Morgan fingerprint density at radius 2 is 2.00 bits per heavy atom. The highest BCUT2D eigenvalue weighted by Crippen LogP contribution is 2.34. The summed E-state index contributed by atoms with van der Waals surface area (Å²) in [5.41, 5.74) is 2.45. The summed E-state index contributed by atoms with van der Waals surface area (Å²) in [5, 5.41) is 8.90. The molecule has 2 aromatic rings. The Labute approximate surface area is 134 Å². The molecule has 0 spiro atoms. The number of anilines is 1. The first-order valence-corrected chi connectivity index (χ1v) is 7.68. The van der Waals surface area contributed by atoms with E-state index in [4.69, 9.17) is 5.11 Å². The van der Waals surface area contributed by atoms with Crippen molar-refractivity contribution in [3.63, 3.8) is 0 Å². The van der Waals surface area contributed by atoms with Gasteiger partial charge in [0.2, 0.25) is 0 Å². The highest BCUT2D eigenvalue weighted by atomic mass is 16.4. The smallest absolute Gasteiger partial charge is 0.354 e. The van der Waals surface area contributed by atoms with Crippen LogP contribution in [-0.2, 0) is 0 Å². The van der Waals surface area contributed by atoms with Gasteiger partial charge in [0.25, 0.3) is 5.91 Å². The first-order chi connectivity index (χ1) is 11.1. The van der Waals surface area contributed by atoms with Crippen LogP contribution in [0.5, 0.6) is 0 Å². The number of aromatic carboxylic acids is 1. The Morgan fingerprint density at radius 1 is 1.22 bits per heavy atom. The lowest BCUT2D eigenvalue weighted by Gasteiger charge is -2.23. The predicted octanol–water partition coefficient (Wildman–Crippen LogP) is 3.32. The van der Waals surface area contributed by atoms with Crippen molar-refractivity contribution < 1.29 is 14.7 Å². The Kier molecular flexibility index (Phi) is 4.10. The minimum absolute atomic E-state index is 0.0635. The van der Waals surface area contributed by atoms with Crippen LogP contribution in [0.15, 0.2) is 42.6 Å². The highest BCUT2D eigenvalue weighted by molar-refractivity contribution is 6.06. The summed E-state index contributed by atoms with van der Waals surface area (Å²) < 4.78 is 0. The van der Waals surface area contributed by atoms with Crippen LogP contribution in [0, 0.1) is 0 Å². The van der Waals surface area contributed by atoms with E-state index in [2.05, 4.69) is 18.0 Å². The lowest BCUT2D eigenvalue weighted by Crippen LogP contribution is -2.31. The predicted molar refractivity (Wildman–Crippen MR) is 87.0 cm³/mol. The van der Waals surface area contributed by atoms with E-state index >= 15 is 0 Å². The molecule has 3 rings (SSSR count). The molecule has 1 N–H and O–H groups in total. The van der Waals surface area contributed by atoms with Crippen molar-refractivity contribution in [3.8, 4) is 0 Å². The summed E-state index contributed by atoms with van der Waals surface area (Å²) >= 11 is 0. The maximum absolute atomic E-state index is 12.8. The van der Waals surface area contributed by atoms with Gasteiger partial charge in [-0.2, -0.15) is 0 Å². The van der Waals surface area contributed by atoms with Crippen LogP contribution < -0.4 is 4.90 Å². The molecule has 0 fully saturated rings. The molecule has 5 nitrogen and oxygen atoms in total. The number of para-hydroxylation sites is 1. The number of carbonyl (C=O) groups is 2. The summed E-state index contributed by atoms with van der Waals surface area (Å²) in [7, 11) is 0. The van der Waals surface area contributed by atoms with Crippen LogP contribution >= 0.6 is 0 Å². The molecule has 23 heavy (non-hydrogen) atoms. The number of carboxylic acids is 1. The van der Waals surface area contributed by atoms with E-state index in [-0.39, 0.29) is 11.6 Å². The van der Waals surface area contributed by atoms with Crippen LogP contribution in [0.1, 0.15) is 52.1 Å². The molecular weight excluding hydrogens is 292 g/mol. The summed E-state index contributed by atoms with van der Waals surface area (Å²) in [6, 6.07) is 10.8. The molecule has 0 aliphatic carbocycles. The lowest BCUT2D eigenvalue weighted by atomic mass is 9.96. The van der Waals surface area contributed by atoms with E-state index in [0.29, 0.717) is 18.0 Å². The van der Waals surface area contributed by atoms with Crippen molar-refractivity contribution in [1.29, 1.82) is 0 Å². The molecule has 1 atom stereocenters.